The maximum Gasteiger partial charge on any atom is 0.308 e. The number of anilines is 1. The molecule has 1 aliphatic carbocycles. The molecule has 8 nitrogen and oxygen atoms in total. The number of para-hydroxylation sites is 1. The largest absolute Gasteiger partial charge is 0.496 e. The molecule has 1 saturated carbocycles. The summed E-state index contributed by atoms with van der Waals surface area (Å²) < 4.78 is 17.6. The van der Waals surface area contributed by atoms with E-state index in [1.54, 1.807) is 29.9 Å². The number of fused-ring (bicyclic) bond motifs is 1. The molecule has 0 radical (unpaired) electrons. The molecule has 42 heavy (non-hydrogen) atoms. The van der Waals surface area contributed by atoms with E-state index in [-0.39, 0.29) is 54.7 Å². The highest BCUT2D eigenvalue weighted by atomic mass is 35.5. The number of halogens is 1. The van der Waals surface area contributed by atoms with Crippen LogP contribution in [0.4, 0.5) is 5.69 Å². The van der Waals surface area contributed by atoms with Crippen LogP contribution in [-0.4, -0.2) is 62.1 Å². The van der Waals surface area contributed by atoms with Crippen LogP contribution >= 0.6 is 11.6 Å². The van der Waals surface area contributed by atoms with Gasteiger partial charge in [0.05, 0.1) is 26.2 Å². The third-order valence-electron chi connectivity index (χ3n) is 7.86. The first-order chi connectivity index (χ1) is 20.0. The fourth-order valence-electron chi connectivity index (χ4n) is 6.02. The molecule has 0 spiro atoms. The van der Waals surface area contributed by atoms with E-state index in [0.717, 1.165) is 30.4 Å². The lowest BCUT2D eigenvalue weighted by molar-refractivity contribution is -0.151. The van der Waals surface area contributed by atoms with Gasteiger partial charge in [-0.3, -0.25) is 14.4 Å². The standard InChI is InChI=1S/C33H43ClN2O6/c1-6-41-32(39)22-10-9-11-24(18-22)35-16-17-42-31(25-12-7-8-13-28(25)40-5)26-19-23(34)14-15-27(26)36(21-33(2,3)4)30(38)20-29(35)37/h7-8,12-15,19,22,24,31H,6,9-11,16-18,20-21H2,1-5H3/t22-,24+,31?/m1/s1. The van der Waals surface area contributed by atoms with Crippen molar-refractivity contribution >= 4 is 35.1 Å². The molecule has 2 aliphatic rings. The number of nitrogens with zero attached hydrogens (tertiary/aromatic N) is 2. The SMILES string of the molecule is CCOC(=O)[C@@H]1CCC[C@H](N2CCOC(c3ccccc3OC)c3cc(Cl)ccc3N(CC(C)(C)C)C(=O)CC2=O)C1. The molecule has 1 unspecified atom stereocenters. The van der Waals surface area contributed by atoms with Crippen LogP contribution in [0.1, 0.15) is 77.0 Å². The third kappa shape index (κ3) is 7.64. The van der Waals surface area contributed by atoms with Crippen molar-refractivity contribution in [1.29, 1.82) is 0 Å². The van der Waals surface area contributed by atoms with Crippen LogP contribution in [-0.2, 0) is 23.9 Å². The highest BCUT2D eigenvalue weighted by Crippen LogP contribution is 2.40. The highest BCUT2D eigenvalue weighted by Gasteiger charge is 2.37. The zero-order chi connectivity index (χ0) is 30.4. The molecule has 0 bridgehead atoms. The number of esters is 1. The minimum atomic E-state index is -0.612. The predicted molar refractivity (Wildman–Crippen MR) is 163 cm³/mol. The second-order valence-corrected chi connectivity index (χ2v) is 12.7. The molecule has 0 N–H and O–H groups in total. The second kappa shape index (κ2) is 13.9. The molecular formula is C33H43ClN2O6. The smallest absolute Gasteiger partial charge is 0.308 e. The summed E-state index contributed by atoms with van der Waals surface area (Å²) in [6.07, 6.45) is 1.91. The number of benzene rings is 2. The van der Waals surface area contributed by atoms with E-state index in [1.165, 1.54) is 0 Å². The molecule has 9 heteroatoms. The normalized spacial score (nSPS) is 22.3. The summed E-state index contributed by atoms with van der Waals surface area (Å²) in [5.74, 6) is -0.393. The van der Waals surface area contributed by atoms with Crippen LogP contribution in [0.25, 0.3) is 0 Å². The van der Waals surface area contributed by atoms with Gasteiger partial charge in [-0.05, 0) is 55.9 Å². The van der Waals surface area contributed by atoms with E-state index < -0.39 is 6.10 Å². The minimum absolute atomic E-state index is 0.185. The average molecular weight is 599 g/mol. The predicted octanol–water partition coefficient (Wildman–Crippen LogP) is 6.19. The zero-order valence-corrected chi connectivity index (χ0v) is 26.1. The lowest BCUT2D eigenvalue weighted by Gasteiger charge is -2.37. The van der Waals surface area contributed by atoms with Crippen LogP contribution in [0.2, 0.25) is 5.02 Å². The van der Waals surface area contributed by atoms with Crippen molar-refractivity contribution in [3.8, 4) is 5.75 Å². The third-order valence-corrected chi connectivity index (χ3v) is 8.10. The van der Waals surface area contributed by atoms with Crippen LogP contribution < -0.4 is 9.64 Å². The van der Waals surface area contributed by atoms with Gasteiger partial charge in [0.15, 0.2) is 0 Å². The molecule has 1 aliphatic heterocycles. The van der Waals surface area contributed by atoms with Gasteiger partial charge in [0.25, 0.3) is 0 Å². The van der Waals surface area contributed by atoms with Crippen LogP contribution in [0.3, 0.4) is 0 Å². The van der Waals surface area contributed by atoms with Gasteiger partial charge in [0.2, 0.25) is 11.8 Å². The Kier molecular flexibility index (Phi) is 10.5. The molecular weight excluding hydrogens is 556 g/mol. The summed E-state index contributed by atoms with van der Waals surface area (Å²) in [6.45, 7) is 9.18. The summed E-state index contributed by atoms with van der Waals surface area (Å²) in [4.78, 5) is 43.9. The van der Waals surface area contributed by atoms with E-state index in [0.29, 0.717) is 36.0 Å². The van der Waals surface area contributed by atoms with E-state index in [2.05, 4.69) is 20.8 Å². The summed E-state index contributed by atoms with van der Waals surface area (Å²) in [7, 11) is 1.61. The van der Waals surface area contributed by atoms with E-state index >= 15 is 0 Å². The Morgan fingerprint density at radius 2 is 1.83 bits per heavy atom. The van der Waals surface area contributed by atoms with Crippen LogP contribution in [0.15, 0.2) is 42.5 Å². The Morgan fingerprint density at radius 3 is 2.55 bits per heavy atom. The maximum atomic E-state index is 14.0. The van der Waals surface area contributed by atoms with E-state index in [1.807, 2.05) is 36.4 Å². The Labute approximate surface area is 254 Å². The summed E-state index contributed by atoms with van der Waals surface area (Å²) in [6, 6.07) is 12.9. The van der Waals surface area contributed by atoms with Gasteiger partial charge in [-0.1, -0.05) is 57.0 Å². The number of hydrogen-bond donors (Lipinski definition) is 0. The molecule has 228 valence electrons. The monoisotopic (exact) mass is 598 g/mol. The van der Waals surface area contributed by atoms with Gasteiger partial charge in [-0.2, -0.15) is 0 Å². The van der Waals surface area contributed by atoms with Crippen molar-refractivity contribution in [2.24, 2.45) is 11.3 Å². The molecule has 0 aromatic heterocycles. The number of methoxy groups -OCH3 is 1. The molecule has 2 aromatic rings. The number of carbonyl (C=O) groups is 3. The lowest BCUT2D eigenvalue weighted by Crippen LogP contribution is -2.47. The van der Waals surface area contributed by atoms with Crippen molar-refractivity contribution in [2.75, 3.05) is 38.3 Å². The number of rotatable bonds is 6. The van der Waals surface area contributed by atoms with Gasteiger partial charge in [-0.25, -0.2) is 0 Å². The number of amides is 2. The molecule has 3 atom stereocenters. The second-order valence-electron chi connectivity index (χ2n) is 12.3. The fourth-order valence-corrected chi connectivity index (χ4v) is 6.20. The molecule has 1 fully saturated rings. The first kappa shape index (κ1) is 31.8. The maximum absolute atomic E-state index is 14.0. The fraction of sp³-hybridized carbons (Fsp3) is 0.545. The quantitative estimate of drug-likeness (QED) is 0.291. The topological polar surface area (TPSA) is 85.4 Å². The van der Waals surface area contributed by atoms with E-state index in [9.17, 15) is 14.4 Å². The Bertz CT molecular complexity index is 1280. The first-order valence-electron chi connectivity index (χ1n) is 14.8. The van der Waals surface area contributed by atoms with Crippen molar-refractivity contribution < 1.29 is 28.6 Å². The lowest BCUT2D eigenvalue weighted by atomic mass is 9.84. The number of hydrogen-bond acceptors (Lipinski definition) is 6. The molecule has 2 aromatic carbocycles. The minimum Gasteiger partial charge on any atom is -0.496 e. The molecule has 2 amide bonds. The van der Waals surface area contributed by atoms with Crippen molar-refractivity contribution in [3.63, 3.8) is 0 Å². The molecule has 0 saturated heterocycles. The van der Waals surface area contributed by atoms with Gasteiger partial charge < -0.3 is 24.0 Å². The van der Waals surface area contributed by atoms with Crippen LogP contribution in [0.5, 0.6) is 5.75 Å². The highest BCUT2D eigenvalue weighted by molar-refractivity contribution is 6.30. The molecule has 4 rings (SSSR count). The van der Waals surface area contributed by atoms with Crippen molar-refractivity contribution in [3.05, 3.63) is 58.6 Å². The number of carbonyl (C=O) groups excluding carboxylic acids is 3. The molecule has 1 heterocycles. The Balaban J connectivity index is 1.78. The zero-order valence-electron chi connectivity index (χ0n) is 25.4. The number of ether oxygens (including phenoxy) is 3. The van der Waals surface area contributed by atoms with Crippen molar-refractivity contribution in [2.45, 2.75) is 71.9 Å². The first-order valence-corrected chi connectivity index (χ1v) is 15.2. The average Bonchev–Trinajstić information content (AvgIpc) is 2.97. The summed E-state index contributed by atoms with van der Waals surface area (Å²) in [5.41, 5.74) is 1.91. The van der Waals surface area contributed by atoms with Gasteiger partial charge in [0, 0.05) is 41.0 Å². The summed E-state index contributed by atoms with van der Waals surface area (Å²) >= 11 is 6.54. The van der Waals surface area contributed by atoms with Gasteiger partial charge >= 0.3 is 5.97 Å². The van der Waals surface area contributed by atoms with Crippen LogP contribution in [0, 0.1) is 11.3 Å². The van der Waals surface area contributed by atoms with E-state index in [4.69, 9.17) is 25.8 Å². The van der Waals surface area contributed by atoms with Gasteiger partial charge in [0.1, 0.15) is 18.3 Å². The Hall–Kier alpha value is -3.10. The van der Waals surface area contributed by atoms with Crippen molar-refractivity contribution in [1.82, 2.24) is 4.90 Å². The van der Waals surface area contributed by atoms with Gasteiger partial charge in [-0.15, -0.1) is 0 Å². The summed E-state index contributed by atoms with van der Waals surface area (Å²) in [5, 5.41) is 0.514. The Morgan fingerprint density at radius 1 is 1.07 bits per heavy atom.